The Kier molecular flexibility index (Phi) is 7.69. The summed E-state index contributed by atoms with van der Waals surface area (Å²) in [7, 11) is 6.49. The first kappa shape index (κ1) is 17.0. The molecule has 0 saturated carbocycles. The Bertz CT molecular complexity index is 264. The minimum atomic E-state index is -1.81. The number of carbonyl (C=O) groups is 2. The van der Waals surface area contributed by atoms with Crippen molar-refractivity contribution in [3.63, 3.8) is 0 Å². The number of methoxy groups -OCH3 is 5. The van der Waals surface area contributed by atoms with Gasteiger partial charge in [0.25, 0.3) is 0 Å². The molecule has 0 aromatic carbocycles. The molecule has 0 aromatic heterocycles. The molecule has 0 aromatic rings. The van der Waals surface area contributed by atoms with Gasteiger partial charge in [0.05, 0.1) is 19.6 Å². The smallest absolute Gasteiger partial charge is 0.346 e. The predicted octanol–water partition coefficient (Wildman–Crippen LogP) is -0.0258. The largest absolute Gasteiger partial charge is 0.469 e. The molecule has 0 fully saturated rings. The second kappa shape index (κ2) is 8.15. The highest BCUT2D eigenvalue weighted by Crippen LogP contribution is 2.19. The van der Waals surface area contributed by atoms with Crippen LogP contribution in [-0.2, 0) is 33.3 Å². The van der Waals surface area contributed by atoms with Crippen LogP contribution in [0.4, 0.5) is 0 Å². The van der Waals surface area contributed by atoms with Gasteiger partial charge in [-0.1, -0.05) is 0 Å². The maximum atomic E-state index is 12.0. The summed E-state index contributed by atoms with van der Waals surface area (Å²) in [6.45, 7) is 0.0611. The molecule has 7 nitrogen and oxygen atoms in total. The van der Waals surface area contributed by atoms with Gasteiger partial charge < -0.3 is 23.7 Å². The van der Waals surface area contributed by atoms with E-state index in [2.05, 4.69) is 4.74 Å². The lowest BCUT2D eigenvalue weighted by Gasteiger charge is -2.27. The molecule has 0 N–H and O–H groups in total. The van der Waals surface area contributed by atoms with Gasteiger partial charge in [0.1, 0.15) is 0 Å². The zero-order valence-corrected chi connectivity index (χ0v) is 11.3. The second-order valence-electron chi connectivity index (χ2n) is 3.47. The summed E-state index contributed by atoms with van der Waals surface area (Å²) in [6.07, 6.45) is -0.171. The molecule has 0 rings (SSSR count). The van der Waals surface area contributed by atoms with Gasteiger partial charge in [-0.05, 0) is 0 Å². The fourth-order valence-corrected chi connectivity index (χ4v) is 1.52. The quantitative estimate of drug-likeness (QED) is 0.427. The number of ether oxygens (including phenoxy) is 5. The van der Waals surface area contributed by atoms with Gasteiger partial charge in [-0.25, -0.2) is 0 Å². The van der Waals surface area contributed by atoms with E-state index >= 15 is 0 Å². The van der Waals surface area contributed by atoms with Crippen molar-refractivity contribution < 1.29 is 33.3 Å². The predicted molar refractivity (Wildman–Crippen MR) is 60.8 cm³/mol. The van der Waals surface area contributed by atoms with Crippen molar-refractivity contribution in [1.82, 2.24) is 0 Å². The van der Waals surface area contributed by atoms with Crippen LogP contribution in [0.1, 0.15) is 6.42 Å². The summed E-state index contributed by atoms with van der Waals surface area (Å²) in [5, 5.41) is 0. The van der Waals surface area contributed by atoms with Crippen LogP contribution in [0.25, 0.3) is 0 Å². The van der Waals surface area contributed by atoms with E-state index in [-0.39, 0.29) is 13.0 Å². The van der Waals surface area contributed by atoms with E-state index in [0.29, 0.717) is 0 Å². The van der Waals surface area contributed by atoms with Crippen molar-refractivity contribution in [2.24, 2.45) is 5.92 Å². The Labute approximate surface area is 106 Å². The summed E-state index contributed by atoms with van der Waals surface area (Å²) >= 11 is 0. The van der Waals surface area contributed by atoms with Crippen LogP contribution in [0.5, 0.6) is 0 Å². The number of Topliss-reactive ketones (excluding diaryl/α,β-unsaturated/α-hetero) is 1. The highest BCUT2D eigenvalue weighted by atomic mass is 16.9. The summed E-state index contributed by atoms with van der Waals surface area (Å²) in [5.74, 6) is -3.60. The molecule has 0 bridgehead atoms. The summed E-state index contributed by atoms with van der Waals surface area (Å²) in [4.78, 5) is 23.5. The fourth-order valence-electron chi connectivity index (χ4n) is 1.52. The minimum Gasteiger partial charge on any atom is -0.469 e. The molecule has 0 aliphatic heterocycles. The third-order valence-corrected chi connectivity index (χ3v) is 2.48. The van der Waals surface area contributed by atoms with Gasteiger partial charge >= 0.3 is 11.9 Å². The van der Waals surface area contributed by atoms with Crippen molar-refractivity contribution in [1.29, 1.82) is 0 Å². The van der Waals surface area contributed by atoms with Crippen molar-refractivity contribution >= 4 is 11.8 Å². The third kappa shape index (κ3) is 4.02. The average molecular weight is 264 g/mol. The molecule has 7 heteroatoms. The number of rotatable bonds is 9. The minimum absolute atomic E-state index is 0.0611. The normalized spacial score (nSPS) is 13.2. The first-order chi connectivity index (χ1) is 8.51. The molecule has 1 unspecified atom stereocenters. The van der Waals surface area contributed by atoms with E-state index < -0.39 is 23.6 Å². The van der Waals surface area contributed by atoms with Crippen LogP contribution < -0.4 is 0 Å². The number of esters is 1. The van der Waals surface area contributed by atoms with E-state index in [1.165, 1.54) is 35.5 Å². The van der Waals surface area contributed by atoms with Gasteiger partial charge in [0, 0.05) is 34.9 Å². The van der Waals surface area contributed by atoms with Crippen LogP contribution in [0.3, 0.4) is 0 Å². The Hall–Kier alpha value is -1.02. The summed E-state index contributed by atoms with van der Waals surface area (Å²) in [6, 6.07) is 0. The van der Waals surface area contributed by atoms with E-state index in [4.69, 9.17) is 18.9 Å². The molecule has 106 valence electrons. The molecule has 0 saturated heterocycles. The third-order valence-electron chi connectivity index (χ3n) is 2.48. The molecule has 0 spiro atoms. The van der Waals surface area contributed by atoms with E-state index in [0.717, 1.165) is 0 Å². The highest BCUT2D eigenvalue weighted by Gasteiger charge is 2.41. The van der Waals surface area contributed by atoms with E-state index in [9.17, 15) is 9.59 Å². The van der Waals surface area contributed by atoms with E-state index in [1.807, 2.05) is 0 Å². The molecule has 0 amide bonds. The van der Waals surface area contributed by atoms with Crippen molar-refractivity contribution in [2.75, 3.05) is 42.2 Å². The maximum absolute atomic E-state index is 12.0. The summed E-state index contributed by atoms with van der Waals surface area (Å²) in [5.41, 5.74) is 0. The number of carbonyl (C=O) groups excluding carboxylic acids is 2. The molecule has 0 aliphatic carbocycles. The van der Waals surface area contributed by atoms with Gasteiger partial charge in [-0.3, -0.25) is 9.59 Å². The first-order valence-electron chi connectivity index (χ1n) is 5.26. The van der Waals surface area contributed by atoms with E-state index in [1.54, 1.807) is 0 Å². The molecule has 0 aliphatic rings. The highest BCUT2D eigenvalue weighted by molar-refractivity contribution is 5.88. The zero-order chi connectivity index (χ0) is 14.2. The van der Waals surface area contributed by atoms with Crippen molar-refractivity contribution in [3.05, 3.63) is 0 Å². The second-order valence-corrected chi connectivity index (χ2v) is 3.47. The Balaban J connectivity index is 4.81. The molecule has 18 heavy (non-hydrogen) atoms. The lowest BCUT2D eigenvalue weighted by Crippen LogP contribution is -2.46. The average Bonchev–Trinajstić information content (AvgIpc) is 2.40. The maximum Gasteiger partial charge on any atom is 0.346 e. The lowest BCUT2D eigenvalue weighted by molar-refractivity contribution is -0.325. The topological polar surface area (TPSA) is 80.3 Å². The number of hydrogen-bond acceptors (Lipinski definition) is 7. The number of hydrogen-bond donors (Lipinski definition) is 0. The van der Waals surface area contributed by atoms with Crippen LogP contribution in [0.15, 0.2) is 0 Å². The summed E-state index contributed by atoms with van der Waals surface area (Å²) < 4.78 is 24.2. The van der Waals surface area contributed by atoms with Gasteiger partial charge in [-0.15, -0.1) is 0 Å². The molecule has 0 heterocycles. The van der Waals surface area contributed by atoms with Crippen molar-refractivity contribution in [3.8, 4) is 0 Å². The zero-order valence-electron chi connectivity index (χ0n) is 11.3. The Morgan fingerprint density at radius 1 is 1.00 bits per heavy atom. The fraction of sp³-hybridized carbons (Fsp3) is 0.818. The molecule has 0 radical (unpaired) electrons. The SMILES string of the molecule is COCC(CC(=O)C(OC)(OC)OC)C(=O)OC. The Morgan fingerprint density at radius 2 is 1.50 bits per heavy atom. The number of ketones is 1. The van der Waals surface area contributed by atoms with Gasteiger partial charge in [0.2, 0.25) is 5.78 Å². The van der Waals surface area contributed by atoms with Crippen LogP contribution in [0, 0.1) is 5.92 Å². The Morgan fingerprint density at radius 3 is 1.83 bits per heavy atom. The molecular formula is C11H20O7. The first-order valence-corrected chi connectivity index (χ1v) is 5.26. The molecule has 1 atom stereocenters. The van der Waals surface area contributed by atoms with Crippen molar-refractivity contribution in [2.45, 2.75) is 12.4 Å². The standard InChI is InChI=1S/C11H20O7/c1-14-7-8(10(13)15-2)6-9(12)11(16-3,17-4)18-5/h8H,6-7H2,1-5H3. The van der Waals surface area contributed by atoms with Gasteiger partial charge in [-0.2, -0.15) is 0 Å². The van der Waals surface area contributed by atoms with Crippen LogP contribution in [-0.4, -0.2) is 59.9 Å². The van der Waals surface area contributed by atoms with Crippen LogP contribution >= 0.6 is 0 Å². The van der Waals surface area contributed by atoms with Gasteiger partial charge in [0.15, 0.2) is 0 Å². The monoisotopic (exact) mass is 264 g/mol. The molecular weight excluding hydrogens is 244 g/mol. The van der Waals surface area contributed by atoms with Crippen LogP contribution in [0.2, 0.25) is 0 Å². The lowest BCUT2D eigenvalue weighted by atomic mass is 10.0.